The fourth-order valence-corrected chi connectivity index (χ4v) is 12.8. The second-order valence-electron chi connectivity index (χ2n) is 27.8. The van der Waals surface area contributed by atoms with Gasteiger partial charge < -0.3 is 56.8 Å². The first-order valence-corrected chi connectivity index (χ1v) is 38.6. The zero-order valence-electron chi connectivity index (χ0n) is 66.7. The highest BCUT2D eigenvalue weighted by atomic mass is 16.5. The van der Waals surface area contributed by atoms with Gasteiger partial charge >= 0.3 is 17.9 Å². The van der Waals surface area contributed by atoms with Crippen LogP contribution in [0.5, 0.6) is 17.2 Å². The first-order valence-electron chi connectivity index (χ1n) is 38.6. The number of rotatable bonds is 33. The third-order valence-electron chi connectivity index (χ3n) is 19.2. The van der Waals surface area contributed by atoms with Crippen LogP contribution in [0.2, 0.25) is 0 Å². The standard InChI is InChI=1S/3C32H34N2O4/c3*1-4-37-32(36)24(2)19-27-21-34(22-31(35)33(3)18-17-25-11-7-5-8-12-25)30-16-15-28(20-29(27)30)38-23-26-13-9-6-10-14-26/h3*5-16,19-21H,4,17-18,22-23H2,1-3H3/b24-19+;24-19-;. The van der Waals surface area contributed by atoms with Gasteiger partial charge in [0.25, 0.3) is 0 Å². The molecule has 3 aromatic heterocycles. The van der Waals surface area contributed by atoms with Gasteiger partial charge in [-0.3, -0.25) is 14.4 Å². The van der Waals surface area contributed by atoms with Crippen molar-refractivity contribution in [2.24, 2.45) is 0 Å². The highest BCUT2D eigenvalue weighted by Gasteiger charge is 2.21. The number of carbonyl (C=O) groups excluding carboxylic acids is 6. The highest BCUT2D eigenvalue weighted by molar-refractivity contribution is 6.01. The predicted octanol–water partition coefficient (Wildman–Crippen LogP) is 17.7. The third-order valence-corrected chi connectivity index (χ3v) is 19.2. The van der Waals surface area contributed by atoms with E-state index in [9.17, 15) is 28.8 Å². The van der Waals surface area contributed by atoms with Crippen LogP contribution in [0.25, 0.3) is 50.9 Å². The molecule has 0 saturated heterocycles. The van der Waals surface area contributed by atoms with Gasteiger partial charge in [-0.1, -0.05) is 182 Å². The van der Waals surface area contributed by atoms with Crippen molar-refractivity contribution >= 4 is 86.6 Å². The Balaban J connectivity index is 0.000000181. The molecule has 0 aliphatic heterocycles. The van der Waals surface area contributed by atoms with Gasteiger partial charge in [-0.25, -0.2) is 14.4 Å². The average molecular weight is 1530 g/mol. The first-order chi connectivity index (χ1) is 55.3. The SMILES string of the molecule is CCOC(=O)/C(C)=C/c1cn(CC(=O)N(C)CCc2ccccc2)c2ccc(OCc3ccccc3)cc12.CCOC(=O)/C(C)=C\c1cn(CC(=O)N(C)CCc2ccccc2)c2ccc(OCc3ccccc3)cc12.CCOC(=O)C(C)=Cc1cn(CC(=O)N(C)CCc2ccccc2)c2ccc(OCc3ccccc3)cc12. The van der Waals surface area contributed by atoms with E-state index in [4.69, 9.17) is 28.4 Å². The number of esters is 3. The van der Waals surface area contributed by atoms with E-state index in [2.05, 4.69) is 36.4 Å². The number of carbonyl (C=O) groups is 6. The molecule has 0 radical (unpaired) electrons. The van der Waals surface area contributed by atoms with Crippen LogP contribution >= 0.6 is 0 Å². The topological polar surface area (TPSA) is 182 Å². The van der Waals surface area contributed by atoms with Crippen molar-refractivity contribution in [2.45, 2.75) is 100 Å². The van der Waals surface area contributed by atoms with Crippen LogP contribution in [0.4, 0.5) is 0 Å². The molecule has 18 heteroatoms. The smallest absolute Gasteiger partial charge is 0.333 e. The number of hydrogen-bond acceptors (Lipinski definition) is 12. The summed E-state index contributed by atoms with van der Waals surface area (Å²) in [5, 5.41) is 2.71. The minimum atomic E-state index is -0.360. The Hall–Kier alpha value is -13.0. The van der Waals surface area contributed by atoms with Gasteiger partial charge in [0, 0.05) is 125 Å². The van der Waals surface area contributed by atoms with Crippen molar-refractivity contribution in [1.29, 1.82) is 0 Å². The molecular formula is C96H102N6O12. The molecule has 18 nitrogen and oxygen atoms in total. The molecule has 0 spiro atoms. The summed E-state index contributed by atoms with van der Waals surface area (Å²) in [4.78, 5) is 81.5. The second-order valence-corrected chi connectivity index (χ2v) is 27.8. The number of benzene rings is 9. The Morgan fingerprint density at radius 1 is 0.316 bits per heavy atom. The summed E-state index contributed by atoms with van der Waals surface area (Å²) in [6, 6.07) is 77.9. The summed E-state index contributed by atoms with van der Waals surface area (Å²) in [6.07, 6.45) is 13.6. The Morgan fingerprint density at radius 2 is 0.544 bits per heavy atom. The van der Waals surface area contributed by atoms with Gasteiger partial charge in [0.1, 0.15) is 56.7 Å². The second kappa shape index (κ2) is 42.5. The lowest BCUT2D eigenvalue weighted by Gasteiger charge is -2.18. The number of fused-ring (bicyclic) bond motifs is 3. The van der Waals surface area contributed by atoms with E-state index in [1.165, 1.54) is 16.7 Å². The van der Waals surface area contributed by atoms with Gasteiger partial charge in [0.15, 0.2) is 0 Å². The minimum Gasteiger partial charge on any atom is -0.489 e. The Kier molecular flexibility index (Phi) is 31.1. The van der Waals surface area contributed by atoms with Crippen molar-refractivity contribution in [3.05, 3.63) is 322 Å². The minimum absolute atomic E-state index is 0.0138. The molecule has 0 unspecified atom stereocenters. The molecule has 12 aromatic rings. The van der Waals surface area contributed by atoms with Crippen LogP contribution in [0.1, 0.15) is 91.6 Å². The lowest BCUT2D eigenvalue weighted by Crippen LogP contribution is -2.31. The molecule has 3 heterocycles. The van der Waals surface area contributed by atoms with E-state index in [0.29, 0.717) is 93.2 Å². The van der Waals surface area contributed by atoms with E-state index in [0.717, 1.165) is 85.4 Å². The Bertz CT molecular complexity index is 4740. The lowest BCUT2D eigenvalue weighted by atomic mass is 10.1. The molecule has 0 aliphatic carbocycles. The summed E-state index contributed by atoms with van der Waals surface area (Å²) in [5.74, 6) is 1.11. The van der Waals surface area contributed by atoms with Gasteiger partial charge in [-0.15, -0.1) is 0 Å². The maximum atomic E-state index is 13.1. The van der Waals surface area contributed by atoms with E-state index < -0.39 is 0 Å². The van der Waals surface area contributed by atoms with E-state index in [1.807, 2.05) is 254 Å². The summed E-state index contributed by atoms with van der Waals surface area (Å²) >= 11 is 0. The zero-order valence-corrected chi connectivity index (χ0v) is 66.7. The molecular weight excluding hydrogens is 1430 g/mol. The molecule has 3 amide bonds. The van der Waals surface area contributed by atoms with Crippen molar-refractivity contribution in [2.75, 3.05) is 60.6 Å². The quantitative estimate of drug-likeness (QED) is 0.0216. The summed E-state index contributed by atoms with van der Waals surface area (Å²) in [7, 11) is 5.49. The van der Waals surface area contributed by atoms with E-state index >= 15 is 0 Å². The molecule has 0 fully saturated rings. The number of likely N-dealkylation sites (N-methyl/N-ethyl adjacent to an activating group) is 3. The normalized spacial score (nSPS) is 11.4. The molecule has 0 N–H and O–H groups in total. The monoisotopic (exact) mass is 1530 g/mol. The molecule has 9 aromatic carbocycles. The van der Waals surface area contributed by atoms with Gasteiger partial charge in [-0.05, 0) is 167 Å². The molecule has 114 heavy (non-hydrogen) atoms. The van der Waals surface area contributed by atoms with Crippen LogP contribution in [0.3, 0.4) is 0 Å². The number of ether oxygens (including phenoxy) is 6. The van der Waals surface area contributed by atoms with Crippen LogP contribution < -0.4 is 14.2 Å². The predicted molar refractivity (Wildman–Crippen MR) is 452 cm³/mol. The maximum Gasteiger partial charge on any atom is 0.333 e. The van der Waals surface area contributed by atoms with Crippen LogP contribution in [0.15, 0.2) is 272 Å². The van der Waals surface area contributed by atoms with Crippen molar-refractivity contribution in [3.8, 4) is 17.2 Å². The first kappa shape index (κ1) is 83.5. The van der Waals surface area contributed by atoms with Crippen molar-refractivity contribution < 1.29 is 57.2 Å². The van der Waals surface area contributed by atoms with Crippen LogP contribution in [-0.4, -0.2) is 125 Å². The summed E-state index contributed by atoms with van der Waals surface area (Å²) in [6.45, 7) is 15.3. The van der Waals surface area contributed by atoms with Gasteiger partial charge in [0.2, 0.25) is 17.7 Å². The van der Waals surface area contributed by atoms with Crippen LogP contribution in [0, 0.1) is 0 Å². The largest absolute Gasteiger partial charge is 0.489 e. The van der Waals surface area contributed by atoms with Crippen LogP contribution in [-0.2, 0) is 102 Å². The zero-order chi connectivity index (χ0) is 80.7. The fraction of sp³-hybridized carbons (Fsp3) is 0.250. The fourth-order valence-electron chi connectivity index (χ4n) is 12.8. The number of aromatic nitrogens is 3. The highest BCUT2D eigenvalue weighted by Crippen LogP contribution is 2.33. The van der Waals surface area contributed by atoms with E-state index in [1.54, 1.807) is 74.5 Å². The molecule has 588 valence electrons. The molecule has 0 saturated carbocycles. The van der Waals surface area contributed by atoms with Crippen molar-refractivity contribution in [3.63, 3.8) is 0 Å². The lowest BCUT2D eigenvalue weighted by molar-refractivity contribution is -0.139. The number of nitrogens with zero attached hydrogens (tertiary/aromatic N) is 6. The average Bonchev–Trinajstić information content (AvgIpc) is 1.65. The molecule has 0 aliphatic rings. The maximum absolute atomic E-state index is 13.1. The number of amides is 3. The van der Waals surface area contributed by atoms with Gasteiger partial charge in [-0.2, -0.15) is 0 Å². The molecule has 0 bridgehead atoms. The Labute approximate surface area is 668 Å². The summed E-state index contributed by atoms with van der Waals surface area (Å²) < 4.78 is 39.5. The third kappa shape index (κ3) is 24.5. The molecule has 0 atom stereocenters. The summed E-state index contributed by atoms with van der Waals surface area (Å²) in [5.41, 5.74) is 13.5. The van der Waals surface area contributed by atoms with Crippen molar-refractivity contribution in [1.82, 2.24) is 28.4 Å². The molecule has 12 rings (SSSR count). The van der Waals surface area contributed by atoms with Gasteiger partial charge in [0.05, 0.1) is 19.8 Å². The van der Waals surface area contributed by atoms with E-state index in [-0.39, 0.29) is 55.3 Å². The Morgan fingerprint density at radius 3 is 0.772 bits per heavy atom. The number of hydrogen-bond donors (Lipinski definition) is 0.